The van der Waals surface area contributed by atoms with Crippen LogP contribution in [0.15, 0.2) is 34.5 Å². The molecule has 0 spiro atoms. The van der Waals surface area contributed by atoms with Gasteiger partial charge in [0.05, 0.1) is 17.6 Å². The summed E-state index contributed by atoms with van der Waals surface area (Å²) >= 11 is 6.71. The molecular weight excluding hydrogens is 526 g/mol. The molecule has 202 valence electrons. The number of esters is 1. The zero-order chi connectivity index (χ0) is 27.0. The molecule has 3 saturated carbocycles. The van der Waals surface area contributed by atoms with Gasteiger partial charge in [-0.25, -0.2) is 13.6 Å². The molecule has 0 aromatic carbocycles. The van der Waals surface area contributed by atoms with E-state index in [-0.39, 0.29) is 48.0 Å². The zero-order valence-corrected chi connectivity index (χ0v) is 22.5. The summed E-state index contributed by atoms with van der Waals surface area (Å²) in [4.78, 5) is 39.0. The molecule has 1 heterocycles. The van der Waals surface area contributed by atoms with Gasteiger partial charge in [0.15, 0.2) is 11.4 Å². The normalized spacial score (nSPS) is 44.9. The van der Waals surface area contributed by atoms with Crippen LogP contribution in [-0.4, -0.2) is 50.7 Å². The van der Waals surface area contributed by atoms with Crippen molar-refractivity contribution in [3.05, 3.63) is 35.8 Å². The number of carbonyl (C=O) groups is 3. The highest BCUT2D eigenvalue weighted by atomic mass is 35.5. The topological polar surface area (TPSA) is 93.8 Å². The van der Waals surface area contributed by atoms with Crippen LogP contribution in [0.5, 0.6) is 0 Å². The highest BCUT2D eigenvalue weighted by Gasteiger charge is 2.78. The molecule has 1 aromatic heterocycles. The molecule has 4 aliphatic rings. The van der Waals surface area contributed by atoms with E-state index in [1.807, 2.05) is 0 Å². The number of furan rings is 1. The molecule has 0 amide bonds. The maximum Gasteiger partial charge on any atom is 0.375 e. The molecule has 0 saturated heterocycles. The number of hydrogen-bond donors (Lipinski definition) is 1. The van der Waals surface area contributed by atoms with E-state index in [9.17, 15) is 19.5 Å². The van der Waals surface area contributed by atoms with Crippen molar-refractivity contribution in [2.45, 2.75) is 76.4 Å². The Bertz CT molecular complexity index is 1160. The SMILES string of the molecule is C[C@@H]1C[C@H]2[C@@H]3C[C@H](F)C4=CC(=O)CC[C@]4(C)[C@@]3(F)[C@@H](O)C[C@]2(C)[C@@]1(OC(=O)c1ccco1)C(=O)SCCl. The number of allylic oxidation sites excluding steroid dienone is 1. The number of alkyl halides is 3. The van der Waals surface area contributed by atoms with Gasteiger partial charge in [0.2, 0.25) is 10.9 Å². The molecule has 0 radical (unpaired) electrons. The van der Waals surface area contributed by atoms with E-state index >= 15 is 8.78 Å². The summed E-state index contributed by atoms with van der Waals surface area (Å²) in [6.07, 6.45) is -0.536. The summed E-state index contributed by atoms with van der Waals surface area (Å²) in [5.74, 6) is -3.26. The van der Waals surface area contributed by atoms with Gasteiger partial charge in [-0.15, -0.1) is 11.6 Å². The lowest BCUT2D eigenvalue weighted by Gasteiger charge is -2.64. The predicted molar refractivity (Wildman–Crippen MR) is 133 cm³/mol. The molecule has 1 aromatic rings. The van der Waals surface area contributed by atoms with Gasteiger partial charge in [0.1, 0.15) is 11.8 Å². The van der Waals surface area contributed by atoms with Crippen molar-refractivity contribution in [3.63, 3.8) is 0 Å². The second-order valence-electron chi connectivity index (χ2n) is 11.5. The summed E-state index contributed by atoms with van der Waals surface area (Å²) < 4.78 is 44.4. The molecule has 1 N–H and O–H groups in total. The van der Waals surface area contributed by atoms with E-state index < -0.39 is 63.2 Å². The Balaban J connectivity index is 1.63. The van der Waals surface area contributed by atoms with Crippen LogP contribution in [0.1, 0.15) is 63.4 Å². The first kappa shape index (κ1) is 26.9. The Hall–Kier alpha value is -1.71. The highest BCUT2D eigenvalue weighted by molar-refractivity contribution is 8.14. The Labute approximate surface area is 223 Å². The van der Waals surface area contributed by atoms with Crippen LogP contribution in [-0.2, 0) is 14.3 Å². The average Bonchev–Trinajstić information content (AvgIpc) is 3.45. The summed E-state index contributed by atoms with van der Waals surface area (Å²) in [7, 11) is 0. The molecule has 0 bridgehead atoms. The zero-order valence-electron chi connectivity index (χ0n) is 21.0. The largest absolute Gasteiger partial charge is 0.457 e. The molecule has 3 fully saturated rings. The smallest absolute Gasteiger partial charge is 0.375 e. The Morgan fingerprint density at radius 1 is 1.30 bits per heavy atom. The molecule has 0 aliphatic heterocycles. The molecule has 5 rings (SSSR count). The van der Waals surface area contributed by atoms with Crippen molar-refractivity contribution >= 4 is 40.2 Å². The number of thioether (sulfide) groups is 1. The maximum atomic E-state index is 17.5. The van der Waals surface area contributed by atoms with E-state index in [0.29, 0.717) is 6.42 Å². The van der Waals surface area contributed by atoms with Gasteiger partial charge >= 0.3 is 5.97 Å². The second-order valence-corrected chi connectivity index (χ2v) is 13.0. The van der Waals surface area contributed by atoms with E-state index in [0.717, 1.165) is 11.8 Å². The van der Waals surface area contributed by atoms with Crippen LogP contribution >= 0.6 is 23.4 Å². The van der Waals surface area contributed by atoms with E-state index in [1.165, 1.54) is 24.5 Å². The van der Waals surface area contributed by atoms with Gasteiger partial charge in [-0.1, -0.05) is 32.5 Å². The first-order chi connectivity index (χ1) is 17.4. The van der Waals surface area contributed by atoms with Gasteiger partial charge in [0.25, 0.3) is 0 Å². The fraction of sp³-hybridized carbons (Fsp3) is 0.667. The van der Waals surface area contributed by atoms with Gasteiger partial charge in [0, 0.05) is 29.1 Å². The van der Waals surface area contributed by atoms with Crippen molar-refractivity contribution in [2.24, 2.45) is 28.6 Å². The third-order valence-corrected chi connectivity index (χ3v) is 11.0. The number of fused-ring (bicyclic) bond motifs is 5. The number of ether oxygens (including phenoxy) is 1. The number of rotatable bonds is 4. The molecular formula is C27H31ClF2O6S. The minimum absolute atomic E-state index is 0.0751. The predicted octanol–water partition coefficient (Wildman–Crippen LogP) is 5.42. The third-order valence-electron chi connectivity index (χ3n) is 10.0. The number of aliphatic hydroxyl groups is 1. The average molecular weight is 557 g/mol. The van der Waals surface area contributed by atoms with Gasteiger partial charge < -0.3 is 14.3 Å². The van der Waals surface area contributed by atoms with Crippen molar-refractivity contribution in [3.8, 4) is 0 Å². The Morgan fingerprint density at radius 3 is 2.68 bits per heavy atom. The number of aliphatic hydroxyl groups excluding tert-OH is 1. The molecule has 10 heteroatoms. The lowest BCUT2D eigenvalue weighted by Crippen LogP contribution is -2.71. The summed E-state index contributed by atoms with van der Waals surface area (Å²) in [5.41, 5.74) is -6.41. The number of ketones is 1. The number of carbonyl (C=O) groups excluding carboxylic acids is 3. The third kappa shape index (κ3) is 3.42. The van der Waals surface area contributed by atoms with E-state index in [2.05, 4.69) is 0 Å². The molecule has 9 atom stereocenters. The van der Waals surface area contributed by atoms with E-state index in [4.69, 9.17) is 20.8 Å². The van der Waals surface area contributed by atoms with Crippen molar-refractivity contribution < 1.29 is 37.4 Å². The monoisotopic (exact) mass is 556 g/mol. The first-order valence-electron chi connectivity index (χ1n) is 12.6. The van der Waals surface area contributed by atoms with Crippen LogP contribution in [0.25, 0.3) is 0 Å². The lowest BCUT2D eigenvalue weighted by atomic mass is 9.43. The molecule has 4 aliphatic carbocycles. The lowest BCUT2D eigenvalue weighted by molar-refractivity contribution is -0.231. The molecule has 6 nitrogen and oxygen atoms in total. The van der Waals surface area contributed by atoms with Crippen LogP contribution in [0.4, 0.5) is 8.78 Å². The summed E-state index contributed by atoms with van der Waals surface area (Å²) in [5, 5.41) is 11.0. The molecule has 37 heavy (non-hydrogen) atoms. The quantitative estimate of drug-likeness (QED) is 0.391. The summed E-state index contributed by atoms with van der Waals surface area (Å²) in [6, 6.07) is 2.94. The van der Waals surface area contributed by atoms with Crippen molar-refractivity contribution in [1.29, 1.82) is 0 Å². The first-order valence-corrected chi connectivity index (χ1v) is 14.1. The van der Waals surface area contributed by atoms with Crippen LogP contribution in [0, 0.1) is 28.6 Å². The van der Waals surface area contributed by atoms with Gasteiger partial charge in [-0.05, 0) is 55.4 Å². The van der Waals surface area contributed by atoms with Crippen molar-refractivity contribution in [2.75, 3.05) is 5.21 Å². The standard InChI is InChI=1S/C27H31ClF2O6S/c1-14-9-16-17-11-19(29)18-10-15(31)6-7-24(18,2)26(17,30)21(32)12-25(16,3)27(14,23(34)37-13-28)36-22(33)20-5-4-8-35-20/h4-5,8,10,14,16-17,19,21,32H,6-7,9,11-13H2,1-3H3/t14-,16+,17+,19+,21+,24+,25+,26+,27+/m1/s1. The number of hydrogen-bond acceptors (Lipinski definition) is 7. The second kappa shape index (κ2) is 8.91. The van der Waals surface area contributed by atoms with Crippen molar-refractivity contribution in [1.82, 2.24) is 0 Å². The summed E-state index contributed by atoms with van der Waals surface area (Å²) in [6.45, 7) is 5.10. The number of halogens is 3. The van der Waals surface area contributed by atoms with Gasteiger partial charge in [-0.3, -0.25) is 9.59 Å². The Kier molecular flexibility index (Phi) is 6.48. The fourth-order valence-electron chi connectivity index (χ4n) is 8.32. The Morgan fingerprint density at radius 2 is 2.03 bits per heavy atom. The molecule has 0 unspecified atom stereocenters. The van der Waals surface area contributed by atoms with Crippen LogP contribution < -0.4 is 0 Å². The maximum absolute atomic E-state index is 17.5. The minimum atomic E-state index is -2.21. The van der Waals surface area contributed by atoms with Crippen LogP contribution in [0.3, 0.4) is 0 Å². The van der Waals surface area contributed by atoms with E-state index in [1.54, 1.807) is 20.8 Å². The van der Waals surface area contributed by atoms with Gasteiger partial charge in [-0.2, -0.15) is 0 Å². The van der Waals surface area contributed by atoms with Crippen LogP contribution in [0.2, 0.25) is 0 Å². The minimum Gasteiger partial charge on any atom is -0.457 e. The fourth-order valence-corrected chi connectivity index (χ4v) is 9.41. The highest BCUT2D eigenvalue weighted by Crippen LogP contribution is 2.72.